The van der Waals surface area contributed by atoms with Gasteiger partial charge in [0.05, 0.1) is 0 Å². The fourth-order valence-corrected chi connectivity index (χ4v) is 2.18. The van der Waals surface area contributed by atoms with Crippen LogP contribution in [-0.2, 0) is 0 Å². The highest BCUT2D eigenvalue weighted by molar-refractivity contribution is 6.33. The number of halogens is 1. The Kier molecular flexibility index (Phi) is 2.07. The predicted molar refractivity (Wildman–Crippen MR) is 62.9 cm³/mol. The number of rotatable bonds is 1. The van der Waals surface area contributed by atoms with Gasteiger partial charge in [-0.15, -0.1) is 0 Å². The second kappa shape index (κ2) is 3.45. The zero-order valence-corrected chi connectivity index (χ0v) is 9.28. The molecule has 0 bridgehead atoms. The fourth-order valence-electron chi connectivity index (χ4n) is 1.96. The number of nitrogen functional groups attached to an aromatic ring is 1. The Hall–Kier alpha value is -1.62. The Morgan fingerprint density at radius 2 is 2.25 bits per heavy atom. The van der Waals surface area contributed by atoms with Crippen LogP contribution in [0.5, 0.6) is 0 Å². The third kappa shape index (κ3) is 1.36. The molecule has 0 unspecified atom stereocenters. The summed E-state index contributed by atoms with van der Waals surface area (Å²) < 4.78 is 1.94. The van der Waals surface area contributed by atoms with Crippen molar-refractivity contribution in [2.45, 2.75) is 19.3 Å². The summed E-state index contributed by atoms with van der Waals surface area (Å²) in [5.41, 5.74) is 8.08. The number of imidazole rings is 1. The molecule has 0 aliphatic heterocycles. The molecule has 6 heteroatoms. The Labute approximate surface area is 97.0 Å². The largest absolute Gasteiger partial charge is 0.368 e. The molecular formula is C10H10ClN5. The van der Waals surface area contributed by atoms with E-state index in [2.05, 4.69) is 21.0 Å². The third-order valence-corrected chi connectivity index (χ3v) is 2.96. The average Bonchev–Trinajstić information content (AvgIpc) is 2.83. The van der Waals surface area contributed by atoms with Crippen molar-refractivity contribution >= 4 is 34.4 Å². The van der Waals surface area contributed by atoms with Gasteiger partial charge in [-0.1, -0.05) is 17.7 Å². The lowest BCUT2D eigenvalue weighted by Crippen LogP contribution is -1.99. The van der Waals surface area contributed by atoms with Crippen molar-refractivity contribution in [1.82, 2.24) is 19.5 Å². The summed E-state index contributed by atoms with van der Waals surface area (Å²) in [5.74, 6) is 0.179. The molecule has 0 fully saturated rings. The van der Waals surface area contributed by atoms with Crippen molar-refractivity contribution in [2.24, 2.45) is 0 Å². The summed E-state index contributed by atoms with van der Waals surface area (Å²) in [5, 5.41) is 0.305. The van der Waals surface area contributed by atoms with Gasteiger partial charge < -0.3 is 5.73 Å². The van der Waals surface area contributed by atoms with Crippen molar-refractivity contribution < 1.29 is 0 Å². The van der Waals surface area contributed by atoms with Crippen LogP contribution in [0, 0.1) is 0 Å². The lowest BCUT2D eigenvalue weighted by molar-refractivity contribution is 0.907. The second-order valence-corrected chi connectivity index (χ2v) is 4.11. The first-order valence-electron chi connectivity index (χ1n) is 5.11. The van der Waals surface area contributed by atoms with E-state index >= 15 is 0 Å². The second-order valence-electron chi connectivity index (χ2n) is 3.75. The smallest absolute Gasteiger partial charge is 0.223 e. The number of nitrogens with two attached hydrogens (primary N) is 1. The number of hydrogen-bond donors (Lipinski definition) is 1. The van der Waals surface area contributed by atoms with Gasteiger partial charge in [-0.05, 0) is 19.3 Å². The van der Waals surface area contributed by atoms with Crippen LogP contribution < -0.4 is 5.73 Å². The number of hydrogen-bond acceptors (Lipinski definition) is 4. The van der Waals surface area contributed by atoms with Gasteiger partial charge in [0.25, 0.3) is 0 Å². The molecule has 0 saturated carbocycles. The molecule has 16 heavy (non-hydrogen) atoms. The van der Waals surface area contributed by atoms with Gasteiger partial charge in [0.15, 0.2) is 10.8 Å². The summed E-state index contributed by atoms with van der Waals surface area (Å²) in [6.45, 7) is 0. The molecule has 1 aliphatic rings. The normalized spacial score (nSPS) is 15.7. The number of allylic oxidation sites excluding steroid dienone is 2. The molecule has 5 nitrogen and oxygen atoms in total. The summed E-state index contributed by atoms with van der Waals surface area (Å²) >= 11 is 5.96. The molecule has 3 rings (SSSR count). The van der Waals surface area contributed by atoms with Crippen molar-refractivity contribution in [3.63, 3.8) is 0 Å². The Morgan fingerprint density at radius 3 is 3.00 bits per heavy atom. The highest BCUT2D eigenvalue weighted by atomic mass is 35.5. The van der Waals surface area contributed by atoms with E-state index in [0.29, 0.717) is 16.3 Å². The van der Waals surface area contributed by atoms with E-state index < -0.39 is 0 Å². The quantitative estimate of drug-likeness (QED) is 0.769. The summed E-state index contributed by atoms with van der Waals surface area (Å²) in [4.78, 5) is 12.3. The zero-order valence-electron chi connectivity index (χ0n) is 8.52. The first kappa shape index (κ1) is 9.59. The maximum absolute atomic E-state index is 5.96. The summed E-state index contributed by atoms with van der Waals surface area (Å²) in [7, 11) is 0. The molecule has 2 heterocycles. The van der Waals surface area contributed by atoms with Crippen molar-refractivity contribution in [3.05, 3.63) is 17.6 Å². The van der Waals surface area contributed by atoms with Crippen molar-refractivity contribution in [1.29, 1.82) is 0 Å². The number of aromatic nitrogens is 4. The van der Waals surface area contributed by atoms with E-state index in [0.717, 1.165) is 12.8 Å². The minimum absolute atomic E-state index is 0.179. The molecule has 82 valence electrons. The number of anilines is 1. The Morgan fingerprint density at radius 1 is 1.38 bits per heavy atom. The molecule has 2 aromatic rings. The van der Waals surface area contributed by atoms with Gasteiger partial charge in [0.1, 0.15) is 11.8 Å². The Bertz CT molecular complexity index is 586. The van der Waals surface area contributed by atoms with E-state index in [1.54, 1.807) is 6.33 Å². The van der Waals surface area contributed by atoms with Crippen LogP contribution in [0.2, 0.25) is 5.15 Å². The fraction of sp³-hybridized carbons (Fsp3) is 0.300. The van der Waals surface area contributed by atoms with Gasteiger partial charge in [0.2, 0.25) is 5.95 Å². The van der Waals surface area contributed by atoms with Crippen LogP contribution in [0.1, 0.15) is 19.3 Å². The topological polar surface area (TPSA) is 69.6 Å². The first-order valence-corrected chi connectivity index (χ1v) is 5.49. The van der Waals surface area contributed by atoms with E-state index in [9.17, 15) is 0 Å². The van der Waals surface area contributed by atoms with Gasteiger partial charge in [0, 0.05) is 5.70 Å². The van der Waals surface area contributed by atoms with Gasteiger partial charge in [-0.25, -0.2) is 4.98 Å². The molecule has 0 radical (unpaired) electrons. The van der Waals surface area contributed by atoms with Crippen molar-refractivity contribution in [2.75, 3.05) is 5.73 Å². The molecule has 0 saturated heterocycles. The standard InChI is InChI=1S/C10H10ClN5/c11-8-7-9(15-10(12)14-8)16(5-13-7)6-3-1-2-4-6/h3,5H,1-2,4H2,(H2,12,14,15). The number of nitrogens with zero attached hydrogens (tertiary/aromatic N) is 4. The maximum atomic E-state index is 5.96. The third-order valence-electron chi connectivity index (χ3n) is 2.70. The highest BCUT2D eigenvalue weighted by Gasteiger charge is 2.14. The van der Waals surface area contributed by atoms with E-state index in [1.165, 1.54) is 12.1 Å². The molecule has 0 atom stereocenters. The highest BCUT2D eigenvalue weighted by Crippen LogP contribution is 2.27. The monoisotopic (exact) mass is 235 g/mol. The zero-order chi connectivity index (χ0) is 11.1. The van der Waals surface area contributed by atoms with Gasteiger partial charge >= 0.3 is 0 Å². The lowest BCUT2D eigenvalue weighted by Gasteiger charge is -2.04. The van der Waals surface area contributed by atoms with Gasteiger partial charge in [-0.3, -0.25) is 4.57 Å². The SMILES string of the molecule is Nc1nc(Cl)c2ncn(C3=CCCC3)c2n1. The molecule has 1 aliphatic carbocycles. The molecule has 2 aromatic heterocycles. The van der Waals surface area contributed by atoms with E-state index in [-0.39, 0.29) is 5.95 Å². The number of fused-ring (bicyclic) bond motifs is 1. The molecule has 2 N–H and O–H groups in total. The van der Waals surface area contributed by atoms with Crippen LogP contribution >= 0.6 is 11.6 Å². The van der Waals surface area contributed by atoms with Crippen LogP contribution in [-0.4, -0.2) is 19.5 Å². The van der Waals surface area contributed by atoms with E-state index in [4.69, 9.17) is 17.3 Å². The summed E-state index contributed by atoms with van der Waals surface area (Å²) in [6, 6.07) is 0. The molecule has 0 amide bonds. The lowest BCUT2D eigenvalue weighted by atomic mass is 10.3. The maximum Gasteiger partial charge on any atom is 0.223 e. The van der Waals surface area contributed by atoms with Gasteiger partial charge in [-0.2, -0.15) is 9.97 Å². The minimum atomic E-state index is 0.179. The van der Waals surface area contributed by atoms with Crippen LogP contribution in [0.15, 0.2) is 12.4 Å². The Balaban J connectivity index is 2.26. The first-order chi connectivity index (χ1) is 7.75. The molecule has 0 spiro atoms. The predicted octanol–water partition coefficient (Wildman–Crippen LogP) is 2.09. The van der Waals surface area contributed by atoms with Crippen LogP contribution in [0.25, 0.3) is 16.9 Å². The summed E-state index contributed by atoms with van der Waals surface area (Å²) in [6.07, 6.45) is 7.22. The van der Waals surface area contributed by atoms with Crippen LogP contribution in [0.3, 0.4) is 0 Å². The molecule has 0 aromatic carbocycles. The van der Waals surface area contributed by atoms with E-state index in [1.807, 2.05) is 4.57 Å². The van der Waals surface area contributed by atoms with Crippen LogP contribution in [0.4, 0.5) is 5.95 Å². The average molecular weight is 236 g/mol. The molecular weight excluding hydrogens is 226 g/mol. The minimum Gasteiger partial charge on any atom is -0.368 e. The van der Waals surface area contributed by atoms with Crippen molar-refractivity contribution in [3.8, 4) is 0 Å².